The molecule has 1 aliphatic rings. The quantitative estimate of drug-likeness (QED) is 0.687. The van der Waals surface area contributed by atoms with E-state index in [1.807, 2.05) is 0 Å². The van der Waals surface area contributed by atoms with Gasteiger partial charge in [-0.1, -0.05) is 13.8 Å². The first-order valence-electron chi connectivity index (χ1n) is 5.13. The summed E-state index contributed by atoms with van der Waals surface area (Å²) in [6.45, 7) is 4.93. The monoisotopic (exact) mass is 247 g/mol. The van der Waals surface area contributed by atoms with Crippen molar-refractivity contribution in [1.82, 2.24) is 0 Å². The molecule has 4 atom stereocenters. The highest BCUT2D eigenvalue weighted by atomic mass is 32.2. The van der Waals surface area contributed by atoms with Crippen molar-refractivity contribution in [2.24, 2.45) is 17.1 Å². The van der Waals surface area contributed by atoms with E-state index < -0.39 is 33.4 Å². The van der Waals surface area contributed by atoms with Crippen LogP contribution in [0.1, 0.15) is 27.2 Å². The van der Waals surface area contributed by atoms with E-state index in [-0.39, 0.29) is 0 Å². The molecule has 1 heterocycles. The number of aliphatic carboxylic acids is 2. The van der Waals surface area contributed by atoms with Crippen molar-refractivity contribution in [3.63, 3.8) is 0 Å². The molecule has 0 unspecified atom stereocenters. The Morgan fingerprint density at radius 1 is 1.38 bits per heavy atom. The zero-order valence-corrected chi connectivity index (χ0v) is 10.4. The Balaban J connectivity index is 3.25. The van der Waals surface area contributed by atoms with Gasteiger partial charge < -0.3 is 15.9 Å². The molecule has 0 amide bonds. The summed E-state index contributed by atoms with van der Waals surface area (Å²) in [6, 6.07) is 0. The summed E-state index contributed by atoms with van der Waals surface area (Å²) in [5.41, 5.74) is 4.62. The van der Waals surface area contributed by atoms with Crippen molar-refractivity contribution < 1.29 is 19.8 Å². The highest BCUT2D eigenvalue weighted by Crippen LogP contribution is 2.57. The van der Waals surface area contributed by atoms with E-state index in [4.69, 9.17) is 5.73 Å². The molecular formula is C10H17NO4S. The molecule has 0 aromatic rings. The van der Waals surface area contributed by atoms with Gasteiger partial charge in [0.25, 0.3) is 0 Å². The molecule has 0 aromatic heterocycles. The van der Waals surface area contributed by atoms with Gasteiger partial charge in [-0.05, 0) is 19.3 Å². The fourth-order valence-electron chi connectivity index (χ4n) is 2.27. The van der Waals surface area contributed by atoms with Crippen LogP contribution in [-0.2, 0) is 9.59 Å². The van der Waals surface area contributed by atoms with E-state index in [0.29, 0.717) is 6.42 Å². The average Bonchev–Trinajstić information content (AvgIpc) is 2.41. The molecule has 0 aromatic carbocycles. The SMILES string of the molecule is CC[C@@]1(C(=O)O)S[C@@H](N)[C@](C)(C(=O)O)[C@@H]1C. The first kappa shape index (κ1) is 13.3. The second-order valence-electron chi connectivity index (χ2n) is 4.40. The summed E-state index contributed by atoms with van der Waals surface area (Å²) in [5.74, 6) is -2.52. The highest BCUT2D eigenvalue weighted by Gasteiger charge is 2.64. The number of rotatable bonds is 3. The Morgan fingerprint density at radius 3 is 2.06 bits per heavy atom. The van der Waals surface area contributed by atoms with E-state index in [9.17, 15) is 19.8 Å². The van der Waals surface area contributed by atoms with Gasteiger partial charge in [0.1, 0.15) is 4.75 Å². The molecule has 0 radical (unpaired) electrons. The van der Waals surface area contributed by atoms with Crippen LogP contribution in [0.15, 0.2) is 0 Å². The summed E-state index contributed by atoms with van der Waals surface area (Å²) in [4.78, 5) is 22.6. The fourth-order valence-corrected chi connectivity index (χ4v) is 3.98. The summed E-state index contributed by atoms with van der Waals surface area (Å²) in [5, 5.41) is 17.8. The lowest BCUT2D eigenvalue weighted by atomic mass is 9.70. The maximum atomic E-state index is 11.4. The van der Waals surface area contributed by atoms with E-state index in [1.165, 1.54) is 6.92 Å². The van der Waals surface area contributed by atoms with Crippen molar-refractivity contribution in [3.05, 3.63) is 0 Å². The van der Waals surface area contributed by atoms with Gasteiger partial charge in [0.05, 0.1) is 10.8 Å². The second kappa shape index (κ2) is 3.92. The minimum absolute atomic E-state index is 0.366. The smallest absolute Gasteiger partial charge is 0.320 e. The maximum Gasteiger partial charge on any atom is 0.320 e. The summed E-state index contributed by atoms with van der Waals surface area (Å²) >= 11 is 1.06. The summed E-state index contributed by atoms with van der Waals surface area (Å²) < 4.78 is -1.09. The molecule has 0 spiro atoms. The van der Waals surface area contributed by atoms with Crippen LogP contribution in [0.25, 0.3) is 0 Å². The third-order valence-corrected chi connectivity index (χ3v) is 5.86. The largest absolute Gasteiger partial charge is 0.481 e. The molecule has 0 saturated carbocycles. The zero-order chi connectivity index (χ0) is 12.7. The van der Waals surface area contributed by atoms with Gasteiger partial charge in [-0.25, -0.2) is 0 Å². The lowest BCUT2D eigenvalue weighted by molar-refractivity contribution is -0.153. The Bertz CT molecular complexity index is 335. The number of thioether (sulfide) groups is 1. The van der Waals surface area contributed by atoms with Gasteiger partial charge in [-0.3, -0.25) is 9.59 Å². The van der Waals surface area contributed by atoms with Crippen LogP contribution in [0.5, 0.6) is 0 Å². The topological polar surface area (TPSA) is 101 Å². The first-order chi connectivity index (χ1) is 7.23. The minimum atomic E-state index is -1.20. The molecule has 1 rings (SSSR count). The Kier molecular flexibility index (Phi) is 3.27. The third kappa shape index (κ3) is 1.43. The van der Waals surface area contributed by atoms with Gasteiger partial charge in [-0.2, -0.15) is 0 Å². The van der Waals surface area contributed by atoms with Crippen LogP contribution in [0.3, 0.4) is 0 Å². The van der Waals surface area contributed by atoms with Gasteiger partial charge in [0, 0.05) is 0 Å². The third-order valence-electron chi connectivity index (χ3n) is 3.88. The van der Waals surface area contributed by atoms with Crippen molar-refractivity contribution in [2.45, 2.75) is 37.3 Å². The number of carboxylic acids is 2. The van der Waals surface area contributed by atoms with E-state index >= 15 is 0 Å². The Labute approximate surface area is 98.4 Å². The lowest BCUT2D eigenvalue weighted by Crippen LogP contribution is -2.48. The zero-order valence-electron chi connectivity index (χ0n) is 9.56. The number of carboxylic acid groups (broad SMARTS) is 2. The summed E-state index contributed by atoms with van der Waals surface area (Å²) in [7, 11) is 0. The summed E-state index contributed by atoms with van der Waals surface area (Å²) in [6.07, 6.45) is 0.366. The van der Waals surface area contributed by atoms with Gasteiger partial charge in [0.15, 0.2) is 0 Å². The van der Waals surface area contributed by atoms with Crippen molar-refractivity contribution >= 4 is 23.7 Å². The van der Waals surface area contributed by atoms with Crippen molar-refractivity contribution in [1.29, 1.82) is 0 Å². The van der Waals surface area contributed by atoms with Gasteiger partial charge in [0.2, 0.25) is 0 Å². The number of carbonyl (C=O) groups is 2. The molecule has 0 bridgehead atoms. The molecule has 16 heavy (non-hydrogen) atoms. The van der Waals surface area contributed by atoms with Crippen LogP contribution in [0.2, 0.25) is 0 Å². The molecule has 6 heteroatoms. The number of hydrogen-bond acceptors (Lipinski definition) is 4. The van der Waals surface area contributed by atoms with Crippen LogP contribution in [0.4, 0.5) is 0 Å². The predicted molar refractivity (Wildman–Crippen MR) is 61.1 cm³/mol. The van der Waals surface area contributed by atoms with Gasteiger partial charge >= 0.3 is 11.9 Å². The van der Waals surface area contributed by atoms with Crippen LogP contribution < -0.4 is 5.73 Å². The maximum absolute atomic E-state index is 11.4. The molecule has 5 nitrogen and oxygen atoms in total. The van der Waals surface area contributed by atoms with Gasteiger partial charge in [-0.15, -0.1) is 11.8 Å². The van der Waals surface area contributed by atoms with E-state index in [2.05, 4.69) is 0 Å². The molecule has 1 aliphatic heterocycles. The van der Waals surface area contributed by atoms with Crippen LogP contribution in [-0.4, -0.2) is 32.3 Å². The molecule has 4 N–H and O–H groups in total. The Morgan fingerprint density at radius 2 is 1.88 bits per heavy atom. The number of nitrogens with two attached hydrogens (primary N) is 1. The van der Waals surface area contributed by atoms with E-state index in [0.717, 1.165) is 11.8 Å². The molecule has 1 fully saturated rings. The molecule has 0 aliphatic carbocycles. The van der Waals surface area contributed by atoms with Crippen molar-refractivity contribution in [2.75, 3.05) is 0 Å². The average molecular weight is 247 g/mol. The molecule has 1 saturated heterocycles. The fraction of sp³-hybridized carbons (Fsp3) is 0.800. The second-order valence-corrected chi connectivity index (χ2v) is 5.87. The minimum Gasteiger partial charge on any atom is -0.481 e. The van der Waals surface area contributed by atoms with E-state index in [1.54, 1.807) is 13.8 Å². The lowest BCUT2D eigenvalue weighted by Gasteiger charge is -2.32. The predicted octanol–water partition coefficient (Wildman–Crippen LogP) is 0.978. The number of hydrogen-bond donors (Lipinski definition) is 3. The Hall–Kier alpha value is -0.750. The van der Waals surface area contributed by atoms with Crippen LogP contribution >= 0.6 is 11.8 Å². The van der Waals surface area contributed by atoms with Crippen LogP contribution in [0, 0.1) is 11.3 Å². The normalized spacial score (nSPS) is 43.2. The first-order valence-corrected chi connectivity index (χ1v) is 6.01. The standard InChI is InChI=1S/C10H17NO4S/c1-4-10(8(14)15)5(2)9(3,7(12)13)6(11)16-10/h5-6H,4,11H2,1-3H3,(H,12,13)(H,14,15)/t5-,6+,9+,10+/m0/s1. The molecular weight excluding hydrogens is 230 g/mol. The van der Waals surface area contributed by atoms with Crippen molar-refractivity contribution in [3.8, 4) is 0 Å². The molecule has 92 valence electrons. The highest BCUT2D eigenvalue weighted by molar-refractivity contribution is 8.02.